The summed E-state index contributed by atoms with van der Waals surface area (Å²) >= 11 is 0. The maximum Gasteiger partial charge on any atom is 0.339 e. The molecule has 0 saturated carbocycles. The summed E-state index contributed by atoms with van der Waals surface area (Å²) in [6.45, 7) is 0.826. The van der Waals surface area contributed by atoms with Gasteiger partial charge in [0.25, 0.3) is 0 Å². The van der Waals surface area contributed by atoms with E-state index in [1.807, 2.05) is 0 Å². The number of hydrogen-bond acceptors (Lipinski definition) is 13. The topological polar surface area (TPSA) is 272 Å². The third kappa shape index (κ3) is 10.4. The normalized spacial score (nSPS) is 15.5. The van der Waals surface area contributed by atoms with Crippen molar-refractivity contribution in [1.29, 1.82) is 0 Å². The highest BCUT2D eigenvalue weighted by molar-refractivity contribution is 5.90. The fourth-order valence-corrected chi connectivity index (χ4v) is 1.69. The van der Waals surface area contributed by atoms with Gasteiger partial charge in [0.15, 0.2) is 5.60 Å². The number of esters is 3. The Labute approximate surface area is 175 Å². The second kappa shape index (κ2) is 12.4. The van der Waals surface area contributed by atoms with Crippen LogP contribution in [0.2, 0.25) is 0 Å². The van der Waals surface area contributed by atoms with Crippen LogP contribution in [0.1, 0.15) is 12.8 Å². The molecule has 15 heteroatoms. The van der Waals surface area contributed by atoms with Crippen LogP contribution in [0.25, 0.3) is 0 Å². The molecule has 0 rings (SSSR count). The van der Waals surface area contributed by atoms with E-state index in [2.05, 4.69) is 20.8 Å². The first-order chi connectivity index (χ1) is 14.2. The first-order valence-electron chi connectivity index (χ1n) is 8.50. The summed E-state index contributed by atoms with van der Waals surface area (Å²) in [4.78, 5) is 57.4. The number of hydrogen-bond donors (Lipinski definition) is 7. The predicted molar refractivity (Wildman–Crippen MR) is 98.0 cm³/mol. The average molecular weight is 451 g/mol. The molecule has 3 atom stereocenters. The molecule has 0 radical (unpaired) electrons. The Morgan fingerprint density at radius 3 is 1.42 bits per heavy atom. The van der Waals surface area contributed by atoms with Gasteiger partial charge in [0, 0.05) is 0 Å². The number of rotatable bonds is 14. The van der Waals surface area contributed by atoms with Gasteiger partial charge in [-0.2, -0.15) is 0 Å². The van der Waals surface area contributed by atoms with E-state index in [1.54, 1.807) is 0 Å². The highest BCUT2D eigenvalue weighted by Crippen LogP contribution is 2.20. The molecule has 0 spiro atoms. The molecule has 0 heterocycles. The van der Waals surface area contributed by atoms with Crippen molar-refractivity contribution in [1.82, 2.24) is 0 Å². The minimum absolute atomic E-state index is 0.555. The largest absolute Gasteiger partial charge is 0.511 e. The van der Waals surface area contributed by atoms with Crippen LogP contribution in [0.3, 0.4) is 0 Å². The summed E-state index contributed by atoms with van der Waals surface area (Å²) in [5, 5.41) is 36.9. The summed E-state index contributed by atoms with van der Waals surface area (Å²) in [6.07, 6.45) is -2.37. The van der Waals surface area contributed by atoms with Crippen LogP contribution in [0.5, 0.6) is 0 Å². The quantitative estimate of drug-likeness (QED) is 0.0761. The number of carboxylic acids is 2. The highest BCUT2D eigenvalue weighted by Gasteiger charge is 2.44. The van der Waals surface area contributed by atoms with Gasteiger partial charge < -0.3 is 51.8 Å². The van der Waals surface area contributed by atoms with Gasteiger partial charge >= 0.3 is 29.8 Å². The van der Waals surface area contributed by atoms with Crippen molar-refractivity contribution < 1.29 is 58.6 Å². The van der Waals surface area contributed by atoms with E-state index in [0.717, 1.165) is 0 Å². The van der Waals surface area contributed by atoms with E-state index < -0.39 is 92.0 Å². The second-order valence-electron chi connectivity index (χ2n) is 6.34. The van der Waals surface area contributed by atoms with E-state index in [4.69, 9.17) is 32.5 Å². The molecule has 0 aliphatic heterocycles. The van der Waals surface area contributed by atoms with Crippen LogP contribution in [0.4, 0.5) is 0 Å². The molecule has 0 aliphatic rings. The molecule has 0 aromatic rings. The maximum atomic E-state index is 12.3. The highest BCUT2D eigenvalue weighted by atomic mass is 16.6. The maximum absolute atomic E-state index is 12.3. The number of carbonyl (C=O) groups excluding carboxylic acids is 3. The molecule has 0 aliphatic carbocycles. The van der Waals surface area contributed by atoms with Crippen molar-refractivity contribution in [2.24, 2.45) is 17.2 Å². The minimum Gasteiger partial charge on any atom is -0.511 e. The third-order valence-corrected chi connectivity index (χ3v) is 3.56. The summed E-state index contributed by atoms with van der Waals surface area (Å²) in [6, 6.07) is -4.41. The van der Waals surface area contributed by atoms with Gasteiger partial charge in [-0.05, 0) is 0 Å². The van der Waals surface area contributed by atoms with Crippen LogP contribution in [-0.4, -0.2) is 93.8 Å². The molecule has 0 amide bonds. The lowest BCUT2D eigenvalue weighted by Crippen LogP contribution is -2.47. The Bertz CT molecular complexity index is 672. The Kier molecular flexibility index (Phi) is 11.1. The summed E-state index contributed by atoms with van der Waals surface area (Å²) in [5.41, 5.74) is 12.8. The van der Waals surface area contributed by atoms with Crippen LogP contribution < -0.4 is 17.2 Å². The van der Waals surface area contributed by atoms with Crippen molar-refractivity contribution in [3.8, 4) is 0 Å². The molecule has 0 bridgehead atoms. The van der Waals surface area contributed by atoms with Crippen LogP contribution in [0, 0.1) is 0 Å². The molecular weight excluding hydrogens is 426 g/mol. The molecule has 0 aromatic heterocycles. The number of ether oxygens (including phenoxy) is 3. The summed E-state index contributed by atoms with van der Waals surface area (Å²) < 4.78 is 13.8. The Morgan fingerprint density at radius 2 is 1.10 bits per heavy atom. The number of nitrogens with two attached hydrogens (primary N) is 3. The van der Waals surface area contributed by atoms with Gasteiger partial charge in [0.05, 0.1) is 18.9 Å². The van der Waals surface area contributed by atoms with Crippen molar-refractivity contribution >= 4 is 29.8 Å². The number of carbonyl (C=O) groups is 5. The van der Waals surface area contributed by atoms with E-state index in [1.165, 1.54) is 0 Å². The van der Waals surface area contributed by atoms with Crippen LogP contribution in [0.15, 0.2) is 12.3 Å². The molecular formula is C16H25N3O12. The van der Waals surface area contributed by atoms with Gasteiger partial charge in [0.1, 0.15) is 37.7 Å². The zero-order chi connectivity index (χ0) is 24.4. The molecule has 0 aromatic carbocycles. The molecule has 176 valence electrons. The van der Waals surface area contributed by atoms with E-state index in [9.17, 15) is 29.1 Å². The Balaban J connectivity index is 5.25. The zero-order valence-electron chi connectivity index (χ0n) is 16.3. The smallest absolute Gasteiger partial charge is 0.339 e. The average Bonchev–Trinajstić information content (AvgIpc) is 2.67. The first-order valence-corrected chi connectivity index (χ1v) is 8.50. The first kappa shape index (κ1) is 27.7. The monoisotopic (exact) mass is 451 g/mol. The fourth-order valence-electron chi connectivity index (χ4n) is 1.69. The Morgan fingerprint density at radius 1 is 0.742 bits per heavy atom. The van der Waals surface area contributed by atoms with Crippen LogP contribution >= 0.6 is 0 Å². The zero-order valence-corrected chi connectivity index (χ0v) is 16.3. The van der Waals surface area contributed by atoms with Crippen LogP contribution in [-0.2, 0) is 38.2 Å². The summed E-state index contributed by atoms with van der Waals surface area (Å²) in [5.74, 6) is -7.70. The number of carboxylic acid groups (broad SMARTS) is 2. The second-order valence-corrected chi connectivity index (χ2v) is 6.34. The molecule has 3 unspecified atom stereocenters. The predicted octanol–water partition coefficient (Wildman–Crippen LogP) is -3.65. The molecule has 10 N–H and O–H groups in total. The fraction of sp³-hybridized carbons (Fsp3) is 0.562. The van der Waals surface area contributed by atoms with Gasteiger partial charge in [-0.3, -0.25) is 19.2 Å². The third-order valence-electron chi connectivity index (χ3n) is 3.56. The number of aliphatic hydroxyl groups is 2. The van der Waals surface area contributed by atoms with E-state index >= 15 is 0 Å². The molecule has 31 heavy (non-hydrogen) atoms. The van der Waals surface area contributed by atoms with Gasteiger partial charge in [-0.1, -0.05) is 6.58 Å². The lowest BCUT2D eigenvalue weighted by Gasteiger charge is -2.25. The number of aliphatic hydroxyl groups excluding tert-OH is 1. The Hall–Kier alpha value is -3.27. The molecule has 15 nitrogen and oxygen atoms in total. The van der Waals surface area contributed by atoms with Gasteiger partial charge in [-0.25, -0.2) is 4.79 Å². The van der Waals surface area contributed by atoms with Crippen molar-refractivity contribution in [2.75, 3.05) is 19.8 Å². The van der Waals surface area contributed by atoms with E-state index in [-0.39, 0.29) is 0 Å². The van der Waals surface area contributed by atoms with Crippen molar-refractivity contribution in [3.63, 3.8) is 0 Å². The van der Waals surface area contributed by atoms with Gasteiger partial charge in [-0.15, -0.1) is 0 Å². The SMILES string of the molecule is C=C(O)C(N)COC(=O)C(O)(CC(=O)OCC(N)C(=O)O)CC(=O)OCC(N)C(=O)O. The van der Waals surface area contributed by atoms with Crippen molar-refractivity contribution in [3.05, 3.63) is 12.3 Å². The van der Waals surface area contributed by atoms with Crippen molar-refractivity contribution in [2.45, 2.75) is 36.6 Å². The molecule has 0 fully saturated rings. The van der Waals surface area contributed by atoms with Gasteiger partial charge in [0.2, 0.25) is 0 Å². The van der Waals surface area contributed by atoms with E-state index in [0.29, 0.717) is 0 Å². The number of aliphatic carboxylic acids is 2. The standard InChI is InChI=1S/C16H25N3O12/c1-7(20)8(17)4-31-15(27)16(28,2-11(21)29-5-9(18)13(23)24)3-12(22)30-6-10(19)14(25)26/h8-10,20,28H,1-6,17-19H2,(H,23,24)(H,25,26). The minimum atomic E-state index is -2.87. The lowest BCUT2D eigenvalue weighted by atomic mass is 9.95. The lowest BCUT2D eigenvalue weighted by molar-refractivity contribution is -0.178. The molecule has 0 saturated heterocycles. The summed E-state index contributed by atoms with van der Waals surface area (Å²) in [7, 11) is 0.